The lowest BCUT2D eigenvalue weighted by atomic mass is 9.85. The molecule has 0 saturated heterocycles. The third kappa shape index (κ3) is 3.28. The molecule has 0 radical (unpaired) electrons. The molecule has 136 valence electrons. The van der Waals surface area contributed by atoms with Crippen molar-refractivity contribution in [3.63, 3.8) is 0 Å². The van der Waals surface area contributed by atoms with Gasteiger partial charge in [-0.3, -0.25) is 0 Å². The van der Waals surface area contributed by atoms with Crippen LogP contribution in [0.5, 0.6) is 0 Å². The van der Waals surface area contributed by atoms with Gasteiger partial charge in [0.05, 0.1) is 12.3 Å². The van der Waals surface area contributed by atoms with E-state index in [1.54, 1.807) is 0 Å². The molecule has 0 atom stereocenters. The summed E-state index contributed by atoms with van der Waals surface area (Å²) in [5, 5.41) is 1.78. The van der Waals surface area contributed by atoms with Crippen LogP contribution in [0.2, 0.25) is 0 Å². The lowest BCUT2D eigenvalue weighted by Gasteiger charge is -2.20. The Labute approximate surface area is 162 Å². The maximum atomic E-state index is 8.59. The summed E-state index contributed by atoms with van der Waals surface area (Å²) in [7, 11) is 1.86. The van der Waals surface area contributed by atoms with Crippen molar-refractivity contribution in [3.05, 3.63) is 64.8 Å². The van der Waals surface area contributed by atoms with Gasteiger partial charge in [0, 0.05) is 7.41 Å². The van der Waals surface area contributed by atoms with Crippen LogP contribution in [0.3, 0.4) is 0 Å². The number of pyridine rings is 1. The molecular weight excluding hydrogens is 314 g/mol. The van der Waals surface area contributed by atoms with Crippen LogP contribution in [0.25, 0.3) is 22.0 Å². The Morgan fingerprint density at radius 3 is 2.38 bits per heavy atom. The van der Waals surface area contributed by atoms with Gasteiger partial charge >= 0.3 is 0 Å². The van der Waals surface area contributed by atoms with E-state index in [2.05, 4.69) is 65.0 Å². The minimum atomic E-state index is -0.708. The molecule has 0 amide bonds. The van der Waals surface area contributed by atoms with Gasteiger partial charge in [0.15, 0.2) is 6.17 Å². The number of hydrogen-bond donors (Lipinski definition) is 0. The third-order valence-corrected chi connectivity index (χ3v) is 5.33. The summed E-state index contributed by atoms with van der Waals surface area (Å²) < 4.78 is 27.5. The van der Waals surface area contributed by atoms with Crippen LogP contribution in [0.15, 0.2) is 42.5 Å². The minimum Gasteiger partial charge on any atom is -0.200 e. The zero-order valence-corrected chi connectivity index (χ0v) is 17.3. The van der Waals surface area contributed by atoms with E-state index in [4.69, 9.17) is 4.11 Å². The van der Waals surface area contributed by atoms with E-state index < -0.39 is 5.89 Å². The van der Waals surface area contributed by atoms with Gasteiger partial charge in [0.25, 0.3) is 0 Å². The largest absolute Gasteiger partial charge is 0.220 e. The summed E-state index contributed by atoms with van der Waals surface area (Å²) >= 11 is 0. The first-order valence-electron chi connectivity index (χ1n) is 10.8. The second-order valence-electron chi connectivity index (χ2n) is 8.62. The molecular formula is C25H32N+. The molecule has 0 aliphatic rings. The van der Waals surface area contributed by atoms with E-state index >= 15 is 0 Å². The molecule has 0 N–H and O–H groups in total. The minimum absolute atomic E-state index is 0.0251. The Balaban J connectivity index is 2.47. The van der Waals surface area contributed by atoms with Crippen molar-refractivity contribution in [2.75, 3.05) is 0 Å². The van der Waals surface area contributed by atoms with Crippen molar-refractivity contribution < 1.29 is 8.68 Å². The number of aryl methyl sites for hydroxylation is 1. The van der Waals surface area contributed by atoms with E-state index in [0.717, 1.165) is 44.3 Å². The van der Waals surface area contributed by atoms with Crippen molar-refractivity contribution in [2.24, 2.45) is 7.05 Å². The average Bonchev–Trinajstić information content (AvgIpc) is 2.61. The second kappa shape index (κ2) is 6.54. The maximum Gasteiger partial charge on any atom is 0.220 e. The zero-order chi connectivity index (χ0) is 21.9. The van der Waals surface area contributed by atoms with E-state index in [1.165, 1.54) is 0 Å². The first-order chi connectivity index (χ1) is 13.2. The average molecular weight is 350 g/mol. The van der Waals surface area contributed by atoms with E-state index in [1.807, 2.05) is 25.5 Å². The van der Waals surface area contributed by atoms with Crippen LogP contribution >= 0.6 is 0 Å². The molecule has 0 aliphatic carbocycles. The van der Waals surface area contributed by atoms with Gasteiger partial charge < -0.3 is 0 Å². The summed E-state index contributed by atoms with van der Waals surface area (Å²) in [4.78, 5) is 0. The molecule has 0 fully saturated rings. The van der Waals surface area contributed by atoms with Crippen LogP contribution in [-0.2, 0) is 12.5 Å². The highest BCUT2D eigenvalue weighted by atomic mass is 14.9. The lowest BCUT2D eigenvalue weighted by Crippen LogP contribution is -2.31. The highest BCUT2D eigenvalue weighted by Crippen LogP contribution is 2.34. The molecule has 3 rings (SSSR count). The summed E-state index contributed by atoms with van der Waals surface area (Å²) in [6, 6.07) is 10.7. The van der Waals surface area contributed by atoms with Gasteiger partial charge in [0.1, 0.15) is 8.42 Å². The van der Waals surface area contributed by atoms with Gasteiger partial charge in [-0.1, -0.05) is 52.8 Å². The highest BCUT2D eigenvalue weighted by Gasteiger charge is 2.21. The van der Waals surface area contributed by atoms with Gasteiger partial charge in [-0.25, -0.2) is 4.57 Å². The van der Waals surface area contributed by atoms with Crippen molar-refractivity contribution in [2.45, 2.75) is 59.8 Å². The summed E-state index contributed by atoms with van der Waals surface area (Å²) in [5.41, 5.74) is 6.34. The molecule has 1 heteroatoms. The number of aromatic nitrogens is 1. The van der Waals surface area contributed by atoms with Crippen LogP contribution < -0.4 is 4.57 Å². The van der Waals surface area contributed by atoms with E-state index in [9.17, 15) is 0 Å². The van der Waals surface area contributed by atoms with E-state index in [0.29, 0.717) is 0 Å². The first kappa shape index (κ1) is 15.0. The predicted octanol–water partition coefficient (Wildman–Crippen LogP) is 6.37. The van der Waals surface area contributed by atoms with Gasteiger partial charge in [0.2, 0.25) is 5.69 Å². The molecule has 2 aromatic carbocycles. The predicted molar refractivity (Wildman–Crippen MR) is 113 cm³/mol. The summed E-state index contributed by atoms with van der Waals surface area (Å²) in [5.74, 6) is -0.708. The number of fused-ring (bicyclic) bond motifs is 1. The highest BCUT2D eigenvalue weighted by molar-refractivity contribution is 5.94. The fraction of sp³-hybridized carbons (Fsp3) is 0.400. The lowest BCUT2D eigenvalue weighted by molar-refractivity contribution is -0.659. The Hall–Kier alpha value is -2.15. The van der Waals surface area contributed by atoms with Gasteiger partial charge in [-0.05, 0) is 64.9 Å². The molecule has 0 unspecified atom stereocenters. The van der Waals surface area contributed by atoms with Crippen molar-refractivity contribution in [1.82, 2.24) is 0 Å². The molecule has 0 spiro atoms. The normalized spacial score (nSPS) is 14.2. The number of hydrogen-bond acceptors (Lipinski definition) is 0. The fourth-order valence-electron chi connectivity index (χ4n) is 3.42. The Kier molecular flexibility index (Phi) is 3.76. The Bertz CT molecular complexity index is 1120. The third-order valence-electron chi connectivity index (χ3n) is 5.33. The Morgan fingerprint density at radius 2 is 1.77 bits per heavy atom. The standard InChI is InChI=1S/C25H32N/c1-16(2)20-13-17(3)18(4)23(15-20)24-22-10-9-21(25(5,6)7)14-19(22)11-12-26(24)8/h9-16H,1-8H3/q+1/i11D,12D,16D. The summed E-state index contributed by atoms with van der Waals surface area (Å²) in [6.45, 7) is 14.5. The van der Waals surface area contributed by atoms with Gasteiger partial charge in [-0.15, -0.1) is 0 Å². The summed E-state index contributed by atoms with van der Waals surface area (Å²) in [6.07, 6.45) is 0.200. The van der Waals surface area contributed by atoms with Crippen molar-refractivity contribution >= 4 is 10.8 Å². The molecule has 0 bridgehead atoms. The molecule has 1 aromatic heterocycles. The zero-order valence-electron chi connectivity index (χ0n) is 20.3. The fourth-order valence-corrected chi connectivity index (χ4v) is 3.42. The van der Waals surface area contributed by atoms with Gasteiger partial charge in [-0.2, -0.15) is 0 Å². The molecule has 3 aromatic rings. The molecule has 0 saturated carbocycles. The van der Waals surface area contributed by atoms with E-state index in [-0.39, 0.29) is 17.6 Å². The van der Waals surface area contributed by atoms with Crippen LogP contribution in [0.1, 0.15) is 66.9 Å². The Morgan fingerprint density at radius 1 is 1.08 bits per heavy atom. The SMILES string of the molecule is [2H]c1c([2H])[n+](C)c(-c2cc(C([2H])(C)C)cc(C)c2C)c2ccc(C(C)(C)C)cc12. The van der Waals surface area contributed by atoms with Crippen molar-refractivity contribution in [3.8, 4) is 11.3 Å². The monoisotopic (exact) mass is 349 g/mol. The van der Waals surface area contributed by atoms with Crippen molar-refractivity contribution in [1.29, 1.82) is 0 Å². The topological polar surface area (TPSA) is 3.88 Å². The number of rotatable bonds is 2. The smallest absolute Gasteiger partial charge is 0.200 e. The molecule has 26 heavy (non-hydrogen) atoms. The first-order valence-corrected chi connectivity index (χ1v) is 9.29. The molecule has 1 nitrogen and oxygen atoms in total. The number of nitrogens with zero attached hydrogens (tertiary/aromatic N) is 1. The number of benzene rings is 2. The quantitative estimate of drug-likeness (QED) is 0.473. The van der Waals surface area contributed by atoms with Crippen LogP contribution in [-0.4, -0.2) is 0 Å². The molecule has 0 aliphatic heterocycles. The van der Waals surface area contributed by atoms with Crippen LogP contribution in [0.4, 0.5) is 0 Å². The molecule has 1 heterocycles. The maximum absolute atomic E-state index is 8.59. The van der Waals surface area contributed by atoms with Crippen LogP contribution in [0, 0.1) is 13.8 Å². The second-order valence-corrected chi connectivity index (χ2v) is 8.62.